The molecule has 4 rings (SSSR count). The Balaban J connectivity index is 1.38. The second-order valence-electron chi connectivity index (χ2n) is 6.60. The summed E-state index contributed by atoms with van der Waals surface area (Å²) in [6.45, 7) is 0.438. The maximum absolute atomic E-state index is 12.6. The summed E-state index contributed by atoms with van der Waals surface area (Å²) in [4.78, 5) is 13.2. The first-order valence-corrected chi connectivity index (χ1v) is 10.0. The zero-order valence-electron chi connectivity index (χ0n) is 14.9. The van der Waals surface area contributed by atoms with E-state index in [1.54, 1.807) is 0 Å². The summed E-state index contributed by atoms with van der Waals surface area (Å²) in [5.41, 5.74) is 1.69. The molecule has 0 spiro atoms. The molecule has 0 bridgehead atoms. The molecule has 1 amide bonds. The van der Waals surface area contributed by atoms with Gasteiger partial charge in [0.1, 0.15) is 17.0 Å². The van der Waals surface area contributed by atoms with Crippen LogP contribution in [0.2, 0.25) is 0 Å². The second-order valence-corrected chi connectivity index (χ2v) is 7.51. The number of thiophene rings is 1. The van der Waals surface area contributed by atoms with Crippen molar-refractivity contribution in [1.29, 1.82) is 0 Å². The molecule has 0 aliphatic heterocycles. The number of carbonyl (C=O) groups excluding carboxylic acids is 1. The molecule has 2 heterocycles. The molecule has 8 heteroatoms. The van der Waals surface area contributed by atoms with Gasteiger partial charge in [-0.15, -0.1) is 16.4 Å². The quantitative estimate of drug-likeness (QED) is 0.706. The van der Waals surface area contributed by atoms with Gasteiger partial charge in [-0.3, -0.25) is 4.79 Å². The average Bonchev–Trinajstić information content (AvgIpc) is 3.38. The Bertz CT molecular complexity index is 887. The molecule has 27 heavy (non-hydrogen) atoms. The van der Waals surface area contributed by atoms with Gasteiger partial charge in [-0.25, -0.2) is 0 Å². The number of nitrogens with zero attached hydrogens (tertiary/aromatic N) is 4. The van der Waals surface area contributed by atoms with Crippen LogP contribution in [0.5, 0.6) is 5.75 Å². The molecule has 1 N–H and O–H groups in total. The normalized spacial score (nSPS) is 14.8. The summed E-state index contributed by atoms with van der Waals surface area (Å²) >= 11 is 1.36. The predicted octanol–water partition coefficient (Wildman–Crippen LogP) is 3.37. The number of ether oxygens (including phenoxy) is 1. The van der Waals surface area contributed by atoms with Crippen LogP contribution in [0.4, 0.5) is 0 Å². The Labute approximate surface area is 161 Å². The van der Waals surface area contributed by atoms with E-state index in [1.807, 2.05) is 35.7 Å². The van der Waals surface area contributed by atoms with Gasteiger partial charge in [0.15, 0.2) is 0 Å². The highest BCUT2D eigenvalue weighted by Gasteiger charge is 2.16. The van der Waals surface area contributed by atoms with E-state index in [9.17, 15) is 4.79 Å². The molecule has 1 aliphatic rings. The zero-order chi connectivity index (χ0) is 18.5. The minimum atomic E-state index is -0.144. The van der Waals surface area contributed by atoms with E-state index in [4.69, 9.17) is 4.74 Å². The van der Waals surface area contributed by atoms with Crippen LogP contribution < -0.4 is 10.1 Å². The number of rotatable bonds is 6. The lowest BCUT2D eigenvalue weighted by atomic mass is 9.98. The average molecular weight is 383 g/mol. The number of carbonyl (C=O) groups is 1. The number of benzene rings is 1. The monoisotopic (exact) mass is 383 g/mol. The molecule has 7 nitrogen and oxygen atoms in total. The molecule has 1 aliphatic carbocycles. The van der Waals surface area contributed by atoms with Crippen molar-refractivity contribution in [3.05, 3.63) is 52.5 Å². The lowest BCUT2D eigenvalue weighted by molar-refractivity contribution is 0.0954. The maximum atomic E-state index is 12.6. The molecular weight excluding hydrogens is 362 g/mol. The van der Waals surface area contributed by atoms with Crippen LogP contribution in [0, 0.1) is 0 Å². The van der Waals surface area contributed by atoms with Crippen molar-refractivity contribution in [1.82, 2.24) is 25.5 Å². The fourth-order valence-electron chi connectivity index (χ4n) is 3.29. The van der Waals surface area contributed by atoms with Crippen LogP contribution in [0.3, 0.4) is 0 Å². The first-order chi connectivity index (χ1) is 13.3. The summed E-state index contributed by atoms with van der Waals surface area (Å²) in [5.74, 6) is 0.730. The van der Waals surface area contributed by atoms with Crippen LogP contribution in [-0.2, 0) is 6.54 Å². The fraction of sp³-hybridized carbons (Fsp3) is 0.368. The molecule has 0 saturated heterocycles. The molecule has 3 aromatic rings. The van der Waals surface area contributed by atoms with Crippen LogP contribution in [0.15, 0.2) is 42.0 Å². The second kappa shape index (κ2) is 8.30. The van der Waals surface area contributed by atoms with Gasteiger partial charge in [-0.05, 0) is 65.3 Å². The smallest absolute Gasteiger partial charge is 0.263 e. The zero-order valence-corrected chi connectivity index (χ0v) is 15.7. The molecule has 1 saturated carbocycles. The van der Waals surface area contributed by atoms with Crippen LogP contribution in [0.25, 0.3) is 5.69 Å². The van der Waals surface area contributed by atoms with Crippen molar-refractivity contribution >= 4 is 17.2 Å². The number of nitrogens with one attached hydrogen (secondary N) is 1. The Morgan fingerprint density at radius 3 is 2.96 bits per heavy atom. The first kappa shape index (κ1) is 17.7. The van der Waals surface area contributed by atoms with E-state index in [0.717, 1.165) is 24.2 Å². The van der Waals surface area contributed by atoms with Gasteiger partial charge < -0.3 is 10.1 Å². The Kier molecular flexibility index (Phi) is 5.43. The van der Waals surface area contributed by atoms with Crippen LogP contribution in [-0.4, -0.2) is 32.2 Å². The van der Waals surface area contributed by atoms with E-state index < -0.39 is 0 Å². The van der Waals surface area contributed by atoms with Crippen molar-refractivity contribution in [2.24, 2.45) is 0 Å². The highest BCUT2D eigenvalue weighted by atomic mass is 32.1. The number of hydrogen-bond acceptors (Lipinski definition) is 6. The van der Waals surface area contributed by atoms with Crippen molar-refractivity contribution in [3.63, 3.8) is 0 Å². The molecule has 0 unspecified atom stereocenters. The molecule has 140 valence electrons. The van der Waals surface area contributed by atoms with Crippen molar-refractivity contribution in [2.75, 3.05) is 0 Å². The molecule has 1 aromatic carbocycles. The SMILES string of the molecule is O=C(NCc1cccc(OC2CCCCC2)c1)c1sccc1-n1cnnn1. The minimum Gasteiger partial charge on any atom is -0.490 e. The van der Waals surface area contributed by atoms with Crippen LogP contribution >= 0.6 is 11.3 Å². The number of amides is 1. The summed E-state index contributed by atoms with van der Waals surface area (Å²) in [6.07, 6.45) is 7.83. The Morgan fingerprint density at radius 2 is 2.15 bits per heavy atom. The molecular formula is C19H21N5O2S. The van der Waals surface area contributed by atoms with Gasteiger partial charge in [0, 0.05) is 6.54 Å². The highest BCUT2D eigenvalue weighted by Crippen LogP contribution is 2.24. The molecule has 2 aromatic heterocycles. The Hall–Kier alpha value is -2.74. The van der Waals surface area contributed by atoms with Gasteiger partial charge >= 0.3 is 0 Å². The van der Waals surface area contributed by atoms with Gasteiger partial charge in [-0.2, -0.15) is 4.68 Å². The lowest BCUT2D eigenvalue weighted by Gasteiger charge is -2.23. The van der Waals surface area contributed by atoms with Crippen molar-refractivity contribution in [2.45, 2.75) is 44.8 Å². The van der Waals surface area contributed by atoms with E-state index >= 15 is 0 Å². The number of tetrazole rings is 1. The summed E-state index contributed by atoms with van der Waals surface area (Å²) in [5, 5.41) is 15.9. The van der Waals surface area contributed by atoms with E-state index in [-0.39, 0.29) is 5.91 Å². The standard InChI is InChI=1S/C19H21N5O2S/c25-19(18-17(9-10-27-18)24-13-21-22-23-24)20-12-14-5-4-8-16(11-14)26-15-6-2-1-3-7-15/h4-5,8-11,13,15H,1-3,6-7,12H2,(H,20,25). The predicted molar refractivity (Wildman–Crippen MR) is 102 cm³/mol. The third-order valence-corrected chi connectivity index (χ3v) is 5.56. The van der Waals surface area contributed by atoms with Crippen LogP contribution in [0.1, 0.15) is 47.3 Å². The van der Waals surface area contributed by atoms with Gasteiger partial charge in [0.05, 0.1) is 11.8 Å². The first-order valence-electron chi connectivity index (χ1n) is 9.14. The third kappa shape index (κ3) is 4.33. The maximum Gasteiger partial charge on any atom is 0.263 e. The van der Waals surface area contributed by atoms with Gasteiger partial charge in [0.2, 0.25) is 0 Å². The van der Waals surface area contributed by atoms with E-state index in [2.05, 4.69) is 20.8 Å². The van der Waals surface area contributed by atoms with E-state index in [1.165, 1.54) is 41.6 Å². The lowest BCUT2D eigenvalue weighted by Crippen LogP contribution is -2.23. The minimum absolute atomic E-state index is 0.144. The summed E-state index contributed by atoms with van der Waals surface area (Å²) in [6, 6.07) is 9.77. The number of hydrogen-bond donors (Lipinski definition) is 1. The third-order valence-electron chi connectivity index (χ3n) is 4.65. The largest absolute Gasteiger partial charge is 0.490 e. The molecule has 0 atom stereocenters. The van der Waals surface area contributed by atoms with E-state index in [0.29, 0.717) is 23.2 Å². The van der Waals surface area contributed by atoms with Crippen molar-refractivity contribution in [3.8, 4) is 11.4 Å². The summed E-state index contributed by atoms with van der Waals surface area (Å²) in [7, 11) is 0. The topological polar surface area (TPSA) is 81.9 Å². The van der Waals surface area contributed by atoms with Crippen molar-refractivity contribution < 1.29 is 9.53 Å². The Morgan fingerprint density at radius 1 is 1.26 bits per heavy atom. The molecule has 0 radical (unpaired) electrons. The number of aromatic nitrogens is 4. The summed E-state index contributed by atoms with van der Waals surface area (Å²) < 4.78 is 7.60. The van der Waals surface area contributed by atoms with Gasteiger partial charge in [0.25, 0.3) is 5.91 Å². The molecule has 1 fully saturated rings. The fourth-order valence-corrected chi connectivity index (χ4v) is 4.09. The highest BCUT2D eigenvalue weighted by molar-refractivity contribution is 7.12. The van der Waals surface area contributed by atoms with Gasteiger partial charge in [-0.1, -0.05) is 18.6 Å².